The molecule has 5 rings (SSSR count). The summed E-state index contributed by atoms with van der Waals surface area (Å²) in [7, 11) is 0. The van der Waals surface area contributed by atoms with Crippen molar-refractivity contribution >= 4 is 34.7 Å². The summed E-state index contributed by atoms with van der Waals surface area (Å²) in [5, 5.41) is 3.94. The molecule has 6 heteroatoms. The number of pyridine rings is 1. The summed E-state index contributed by atoms with van der Waals surface area (Å²) in [6.07, 6.45) is 10.00. The van der Waals surface area contributed by atoms with Crippen LogP contribution in [0, 0.1) is 6.92 Å². The number of aromatic nitrogens is 1. The lowest BCUT2D eigenvalue weighted by Crippen LogP contribution is -2.33. The Hall–Kier alpha value is -3.67. The Kier molecular flexibility index (Phi) is 5.35. The van der Waals surface area contributed by atoms with Crippen LogP contribution in [0.4, 0.5) is 5.82 Å². The lowest BCUT2D eigenvalue weighted by molar-refractivity contribution is -0.125. The van der Waals surface area contributed by atoms with Crippen LogP contribution in [0.15, 0.2) is 58.7 Å². The van der Waals surface area contributed by atoms with Gasteiger partial charge in [0.1, 0.15) is 17.2 Å². The molecule has 162 valence electrons. The van der Waals surface area contributed by atoms with Crippen molar-refractivity contribution in [1.29, 1.82) is 0 Å². The van der Waals surface area contributed by atoms with Crippen molar-refractivity contribution in [2.24, 2.45) is 0 Å². The number of aryl methyl sites for hydroxylation is 2. The molecule has 1 aromatic carbocycles. The van der Waals surface area contributed by atoms with Crippen molar-refractivity contribution in [2.45, 2.75) is 32.6 Å². The second-order valence-corrected chi connectivity index (χ2v) is 8.38. The van der Waals surface area contributed by atoms with Gasteiger partial charge in [0, 0.05) is 43.6 Å². The normalized spacial score (nSPS) is 16.2. The summed E-state index contributed by atoms with van der Waals surface area (Å²) in [6.45, 7) is 3.41. The Morgan fingerprint density at radius 2 is 2.12 bits per heavy atom. The molecule has 6 nitrogen and oxygen atoms in total. The SMILES string of the molecule is Cc1c(CC2=CCN(C(=O)C=Cc3cnc4c(c3)CCC(=O)N4)CC2)oc2ccccc12. The highest BCUT2D eigenvalue weighted by Gasteiger charge is 2.19. The van der Waals surface area contributed by atoms with E-state index < -0.39 is 0 Å². The molecule has 0 atom stereocenters. The minimum atomic E-state index is -0.00811. The summed E-state index contributed by atoms with van der Waals surface area (Å²) in [6, 6.07) is 10.1. The summed E-state index contributed by atoms with van der Waals surface area (Å²) in [5.74, 6) is 1.62. The number of carbonyl (C=O) groups is 2. The van der Waals surface area contributed by atoms with Gasteiger partial charge in [-0.25, -0.2) is 4.98 Å². The fourth-order valence-electron chi connectivity index (χ4n) is 4.31. The lowest BCUT2D eigenvalue weighted by Gasteiger charge is -2.25. The summed E-state index contributed by atoms with van der Waals surface area (Å²) in [4.78, 5) is 30.3. The van der Waals surface area contributed by atoms with E-state index in [-0.39, 0.29) is 11.8 Å². The predicted octanol–water partition coefficient (Wildman–Crippen LogP) is 4.44. The van der Waals surface area contributed by atoms with Gasteiger partial charge in [-0.3, -0.25) is 9.59 Å². The molecule has 2 amide bonds. The molecule has 2 aliphatic rings. The molecule has 2 aliphatic heterocycles. The van der Waals surface area contributed by atoms with E-state index in [2.05, 4.69) is 29.4 Å². The molecule has 2 aromatic heterocycles. The largest absolute Gasteiger partial charge is 0.460 e. The van der Waals surface area contributed by atoms with E-state index in [1.54, 1.807) is 18.3 Å². The van der Waals surface area contributed by atoms with Gasteiger partial charge in [-0.05, 0) is 54.7 Å². The van der Waals surface area contributed by atoms with Crippen molar-refractivity contribution < 1.29 is 14.0 Å². The van der Waals surface area contributed by atoms with E-state index in [0.29, 0.717) is 31.7 Å². The fraction of sp³-hybridized carbons (Fsp3) is 0.269. The van der Waals surface area contributed by atoms with Crippen molar-refractivity contribution in [3.63, 3.8) is 0 Å². The molecule has 1 N–H and O–H groups in total. The van der Waals surface area contributed by atoms with Gasteiger partial charge >= 0.3 is 0 Å². The Balaban J connectivity index is 1.21. The van der Waals surface area contributed by atoms with Crippen LogP contribution >= 0.6 is 0 Å². The van der Waals surface area contributed by atoms with Crippen LogP contribution in [0.5, 0.6) is 0 Å². The first-order valence-corrected chi connectivity index (χ1v) is 11.0. The Morgan fingerprint density at radius 3 is 2.94 bits per heavy atom. The van der Waals surface area contributed by atoms with Gasteiger partial charge < -0.3 is 14.6 Å². The van der Waals surface area contributed by atoms with E-state index in [0.717, 1.165) is 35.3 Å². The minimum Gasteiger partial charge on any atom is -0.460 e. The molecule has 0 saturated heterocycles. The van der Waals surface area contributed by atoms with Crippen molar-refractivity contribution in [2.75, 3.05) is 18.4 Å². The number of nitrogens with one attached hydrogen (secondary N) is 1. The number of nitrogens with zero attached hydrogens (tertiary/aromatic N) is 2. The van der Waals surface area contributed by atoms with E-state index in [9.17, 15) is 9.59 Å². The quantitative estimate of drug-likeness (QED) is 0.494. The zero-order valence-corrected chi connectivity index (χ0v) is 18.1. The molecule has 4 heterocycles. The molecule has 32 heavy (non-hydrogen) atoms. The number of amides is 2. The maximum absolute atomic E-state index is 12.7. The molecule has 0 spiro atoms. The van der Waals surface area contributed by atoms with Gasteiger partial charge in [0.05, 0.1) is 0 Å². The number of hydrogen-bond donors (Lipinski definition) is 1. The van der Waals surface area contributed by atoms with Gasteiger partial charge in [0.25, 0.3) is 0 Å². The Labute approximate surface area is 186 Å². The Bertz CT molecular complexity index is 1270. The molecule has 0 unspecified atom stereocenters. The molecule has 0 radical (unpaired) electrons. The molecule has 0 saturated carbocycles. The number of furan rings is 1. The van der Waals surface area contributed by atoms with Crippen LogP contribution in [0.3, 0.4) is 0 Å². The van der Waals surface area contributed by atoms with Crippen LogP contribution in [-0.4, -0.2) is 34.8 Å². The molecule has 0 bridgehead atoms. The standard InChI is InChI=1S/C26H25N3O3/c1-17-21-4-2-3-5-22(21)32-23(17)15-18-10-12-29(13-11-18)25(31)9-6-19-14-20-7-8-24(30)28-26(20)27-16-19/h2-6,9-10,14,16H,7-8,11-13,15H2,1H3,(H,27,28,30). The average Bonchev–Trinajstić information content (AvgIpc) is 3.13. The first-order valence-electron chi connectivity index (χ1n) is 11.0. The zero-order valence-electron chi connectivity index (χ0n) is 18.1. The average molecular weight is 428 g/mol. The monoisotopic (exact) mass is 427 g/mol. The maximum atomic E-state index is 12.7. The van der Waals surface area contributed by atoms with E-state index >= 15 is 0 Å². The van der Waals surface area contributed by atoms with Gasteiger partial charge in [0.2, 0.25) is 11.8 Å². The highest BCUT2D eigenvalue weighted by molar-refractivity contribution is 5.94. The smallest absolute Gasteiger partial charge is 0.246 e. The van der Waals surface area contributed by atoms with Crippen LogP contribution in [0.25, 0.3) is 17.0 Å². The molecule has 0 aliphatic carbocycles. The van der Waals surface area contributed by atoms with Crippen molar-refractivity contribution in [1.82, 2.24) is 9.88 Å². The van der Waals surface area contributed by atoms with E-state index in [1.807, 2.05) is 29.2 Å². The fourth-order valence-corrected chi connectivity index (χ4v) is 4.31. The third kappa shape index (κ3) is 4.08. The predicted molar refractivity (Wildman–Crippen MR) is 124 cm³/mol. The lowest BCUT2D eigenvalue weighted by atomic mass is 10.0. The van der Waals surface area contributed by atoms with Gasteiger partial charge in [0.15, 0.2) is 0 Å². The summed E-state index contributed by atoms with van der Waals surface area (Å²) in [5.41, 5.74) is 5.30. The molecule has 0 fully saturated rings. The number of carbonyl (C=O) groups excluding carboxylic acids is 2. The zero-order chi connectivity index (χ0) is 22.1. The third-order valence-electron chi connectivity index (χ3n) is 6.23. The van der Waals surface area contributed by atoms with E-state index in [4.69, 9.17) is 4.42 Å². The second kappa shape index (κ2) is 8.46. The second-order valence-electron chi connectivity index (χ2n) is 8.38. The number of benzene rings is 1. The summed E-state index contributed by atoms with van der Waals surface area (Å²) < 4.78 is 6.05. The number of hydrogen-bond acceptors (Lipinski definition) is 4. The highest BCUT2D eigenvalue weighted by atomic mass is 16.3. The Morgan fingerprint density at radius 1 is 1.25 bits per heavy atom. The number of anilines is 1. The molecular weight excluding hydrogens is 402 g/mol. The summed E-state index contributed by atoms with van der Waals surface area (Å²) >= 11 is 0. The third-order valence-corrected chi connectivity index (χ3v) is 6.23. The number of para-hydroxylation sites is 1. The molecular formula is C26H25N3O3. The van der Waals surface area contributed by atoms with E-state index in [1.165, 1.54) is 16.5 Å². The van der Waals surface area contributed by atoms with Crippen LogP contribution < -0.4 is 5.32 Å². The number of rotatable bonds is 4. The maximum Gasteiger partial charge on any atom is 0.246 e. The molecule has 3 aromatic rings. The first kappa shape index (κ1) is 20.2. The van der Waals surface area contributed by atoms with Crippen LogP contribution in [0.1, 0.15) is 35.3 Å². The van der Waals surface area contributed by atoms with Gasteiger partial charge in [-0.1, -0.05) is 29.8 Å². The first-order chi connectivity index (χ1) is 15.6. The minimum absolute atomic E-state index is 0.00326. The van der Waals surface area contributed by atoms with Crippen LogP contribution in [0.2, 0.25) is 0 Å². The van der Waals surface area contributed by atoms with Crippen molar-refractivity contribution in [3.8, 4) is 0 Å². The topological polar surface area (TPSA) is 75.4 Å². The highest BCUT2D eigenvalue weighted by Crippen LogP contribution is 2.28. The van der Waals surface area contributed by atoms with Gasteiger partial charge in [-0.15, -0.1) is 0 Å². The van der Waals surface area contributed by atoms with Crippen molar-refractivity contribution in [3.05, 3.63) is 76.7 Å². The van der Waals surface area contributed by atoms with Gasteiger partial charge in [-0.2, -0.15) is 0 Å². The van der Waals surface area contributed by atoms with Crippen LogP contribution in [-0.2, 0) is 22.4 Å². The number of fused-ring (bicyclic) bond motifs is 2.